The molecule has 1 heterocycles. The molecule has 3 unspecified atom stereocenters. The predicted molar refractivity (Wildman–Crippen MR) is 72.6 cm³/mol. The average Bonchev–Trinajstić information content (AvgIpc) is 2.82. The first kappa shape index (κ1) is 14.0. The Balaban J connectivity index is 1.98. The fourth-order valence-corrected chi connectivity index (χ4v) is 3.66. The van der Waals surface area contributed by atoms with Crippen LogP contribution in [0.5, 0.6) is 0 Å². The maximum atomic E-state index is 12.0. The number of ether oxygens (including phenoxy) is 1. The number of Topliss-reactive ketones (excluding diaryl/α,β-unsaturated/α-hetero) is 1. The molecule has 104 valence electrons. The first-order chi connectivity index (χ1) is 8.74. The SMILES string of the molecule is COCCC(C)N1CCCCC1C1CCCC1=O. The Hall–Kier alpha value is -0.410. The van der Waals surface area contributed by atoms with E-state index in [-0.39, 0.29) is 0 Å². The van der Waals surface area contributed by atoms with Gasteiger partial charge >= 0.3 is 0 Å². The lowest BCUT2D eigenvalue weighted by molar-refractivity contribution is -0.123. The summed E-state index contributed by atoms with van der Waals surface area (Å²) in [4.78, 5) is 14.6. The number of carbonyl (C=O) groups is 1. The van der Waals surface area contributed by atoms with Crippen LogP contribution in [0.15, 0.2) is 0 Å². The molecule has 18 heavy (non-hydrogen) atoms. The van der Waals surface area contributed by atoms with Crippen LogP contribution in [0, 0.1) is 5.92 Å². The highest BCUT2D eigenvalue weighted by atomic mass is 16.5. The smallest absolute Gasteiger partial charge is 0.137 e. The molecule has 0 radical (unpaired) electrons. The molecule has 1 aliphatic heterocycles. The van der Waals surface area contributed by atoms with Crippen LogP contribution >= 0.6 is 0 Å². The standard InChI is InChI=1S/C15H27NO2/c1-12(9-11-18-2)16-10-4-3-7-14(16)13-6-5-8-15(13)17/h12-14H,3-11H2,1-2H3. The molecule has 0 N–H and O–H groups in total. The lowest BCUT2D eigenvalue weighted by Crippen LogP contribution is -2.49. The zero-order valence-electron chi connectivity index (χ0n) is 11.9. The molecule has 3 atom stereocenters. The van der Waals surface area contributed by atoms with Crippen molar-refractivity contribution in [3.63, 3.8) is 0 Å². The third-order valence-electron chi connectivity index (χ3n) is 4.71. The predicted octanol–water partition coefficient (Wildman–Crippen LogP) is 2.64. The molecule has 0 spiro atoms. The number of methoxy groups -OCH3 is 1. The monoisotopic (exact) mass is 253 g/mol. The quantitative estimate of drug-likeness (QED) is 0.754. The van der Waals surface area contributed by atoms with Crippen molar-refractivity contribution in [3.05, 3.63) is 0 Å². The Morgan fingerprint density at radius 2 is 2.17 bits per heavy atom. The van der Waals surface area contributed by atoms with Crippen LogP contribution in [0.2, 0.25) is 0 Å². The van der Waals surface area contributed by atoms with Crippen molar-refractivity contribution in [1.29, 1.82) is 0 Å². The topological polar surface area (TPSA) is 29.5 Å². The highest BCUT2D eigenvalue weighted by Gasteiger charge is 2.38. The molecule has 0 aromatic rings. The van der Waals surface area contributed by atoms with Gasteiger partial charge in [-0.05, 0) is 45.6 Å². The van der Waals surface area contributed by atoms with E-state index in [1.165, 1.54) is 25.8 Å². The third-order valence-corrected chi connectivity index (χ3v) is 4.71. The summed E-state index contributed by atoms with van der Waals surface area (Å²) in [6, 6.07) is 1.06. The normalized spacial score (nSPS) is 31.8. The maximum Gasteiger partial charge on any atom is 0.137 e. The molecule has 3 heteroatoms. The molecule has 1 saturated heterocycles. The summed E-state index contributed by atoms with van der Waals surface area (Å²) in [6.45, 7) is 4.28. The van der Waals surface area contributed by atoms with Crippen molar-refractivity contribution < 1.29 is 9.53 Å². The summed E-state index contributed by atoms with van der Waals surface area (Å²) in [7, 11) is 1.76. The van der Waals surface area contributed by atoms with Crippen LogP contribution in [0.1, 0.15) is 51.9 Å². The number of hydrogen-bond acceptors (Lipinski definition) is 3. The van der Waals surface area contributed by atoms with E-state index in [9.17, 15) is 4.79 Å². The van der Waals surface area contributed by atoms with Crippen LogP contribution < -0.4 is 0 Å². The molecular weight excluding hydrogens is 226 g/mol. The number of piperidine rings is 1. The van der Waals surface area contributed by atoms with E-state index in [1.807, 2.05) is 0 Å². The van der Waals surface area contributed by atoms with Crippen molar-refractivity contribution in [2.75, 3.05) is 20.3 Å². The first-order valence-electron chi connectivity index (χ1n) is 7.51. The average molecular weight is 253 g/mol. The molecule has 1 saturated carbocycles. The van der Waals surface area contributed by atoms with Gasteiger partial charge < -0.3 is 4.74 Å². The Labute approximate surface area is 111 Å². The van der Waals surface area contributed by atoms with E-state index in [1.54, 1.807) is 7.11 Å². The number of ketones is 1. The summed E-state index contributed by atoms with van der Waals surface area (Å²) in [5, 5.41) is 0. The Morgan fingerprint density at radius 1 is 1.33 bits per heavy atom. The number of hydrogen-bond donors (Lipinski definition) is 0. The van der Waals surface area contributed by atoms with Crippen LogP contribution in [-0.2, 0) is 9.53 Å². The van der Waals surface area contributed by atoms with Gasteiger partial charge in [0.2, 0.25) is 0 Å². The Bertz CT molecular complexity index is 280. The van der Waals surface area contributed by atoms with Crippen molar-refractivity contribution in [3.8, 4) is 0 Å². The zero-order valence-corrected chi connectivity index (χ0v) is 11.9. The summed E-state index contributed by atoms with van der Waals surface area (Å²) in [5.41, 5.74) is 0. The van der Waals surface area contributed by atoms with Gasteiger partial charge in [-0.15, -0.1) is 0 Å². The number of likely N-dealkylation sites (tertiary alicyclic amines) is 1. The zero-order chi connectivity index (χ0) is 13.0. The van der Waals surface area contributed by atoms with Gasteiger partial charge in [0.15, 0.2) is 0 Å². The molecule has 2 aliphatic rings. The van der Waals surface area contributed by atoms with Gasteiger partial charge in [-0.25, -0.2) is 0 Å². The minimum atomic E-state index is 0.329. The van der Waals surface area contributed by atoms with Crippen LogP contribution in [0.3, 0.4) is 0 Å². The fourth-order valence-electron chi connectivity index (χ4n) is 3.66. The Morgan fingerprint density at radius 3 is 2.83 bits per heavy atom. The first-order valence-corrected chi connectivity index (χ1v) is 7.51. The summed E-state index contributed by atoms with van der Waals surface area (Å²) < 4.78 is 5.19. The molecule has 2 rings (SSSR count). The lowest BCUT2D eigenvalue weighted by Gasteiger charge is -2.42. The number of nitrogens with zero attached hydrogens (tertiary/aromatic N) is 1. The van der Waals surface area contributed by atoms with Crippen molar-refractivity contribution in [2.24, 2.45) is 5.92 Å². The van der Waals surface area contributed by atoms with E-state index in [0.717, 1.165) is 32.3 Å². The van der Waals surface area contributed by atoms with E-state index in [2.05, 4.69) is 11.8 Å². The molecule has 0 aromatic carbocycles. The van der Waals surface area contributed by atoms with Gasteiger partial charge in [0, 0.05) is 38.1 Å². The van der Waals surface area contributed by atoms with Crippen LogP contribution in [-0.4, -0.2) is 43.0 Å². The maximum absolute atomic E-state index is 12.0. The van der Waals surface area contributed by atoms with Gasteiger partial charge in [0.25, 0.3) is 0 Å². The molecule has 0 bridgehead atoms. The minimum absolute atomic E-state index is 0.329. The third kappa shape index (κ3) is 3.12. The second kappa shape index (κ2) is 6.67. The molecule has 0 amide bonds. The molecule has 3 nitrogen and oxygen atoms in total. The highest BCUT2D eigenvalue weighted by molar-refractivity contribution is 5.83. The molecular formula is C15H27NO2. The van der Waals surface area contributed by atoms with E-state index >= 15 is 0 Å². The fraction of sp³-hybridized carbons (Fsp3) is 0.933. The van der Waals surface area contributed by atoms with Gasteiger partial charge in [-0.3, -0.25) is 9.69 Å². The van der Waals surface area contributed by atoms with E-state index in [0.29, 0.717) is 23.8 Å². The summed E-state index contributed by atoms with van der Waals surface area (Å²) >= 11 is 0. The van der Waals surface area contributed by atoms with Gasteiger partial charge in [0.05, 0.1) is 0 Å². The minimum Gasteiger partial charge on any atom is -0.385 e. The van der Waals surface area contributed by atoms with Crippen molar-refractivity contribution in [2.45, 2.75) is 64.0 Å². The second-order valence-corrected chi connectivity index (χ2v) is 5.90. The second-order valence-electron chi connectivity index (χ2n) is 5.90. The number of rotatable bonds is 5. The molecule has 1 aliphatic carbocycles. The van der Waals surface area contributed by atoms with Crippen molar-refractivity contribution in [1.82, 2.24) is 4.90 Å². The number of carbonyl (C=O) groups excluding carboxylic acids is 1. The molecule has 0 aromatic heterocycles. The lowest BCUT2D eigenvalue weighted by atomic mass is 9.87. The highest BCUT2D eigenvalue weighted by Crippen LogP contribution is 2.34. The largest absolute Gasteiger partial charge is 0.385 e. The summed E-state index contributed by atoms with van der Waals surface area (Å²) in [5.74, 6) is 0.848. The van der Waals surface area contributed by atoms with E-state index < -0.39 is 0 Å². The summed E-state index contributed by atoms with van der Waals surface area (Å²) in [6.07, 6.45) is 7.93. The Kier molecular flexibility index (Phi) is 5.19. The van der Waals surface area contributed by atoms with Gasteiger partial charge in [-0.2, -0.15) is 0 Å². The van der Waals surface area contributed by atoms with Crippen LogP contribution in [0.4, 0.5) is 0 Å². The van der Waals surface area contributed by atoms with E-state index in [4.69, 9.17) is 4.74 Å². The van der Waals surface area contributed by atoms with Gasteiger partial charge in [0.1, 0.15) is 5.78 Å². The molecule has 2 fully saturated rings. The van der Waals surface area contributed by atoms with Crippen LogP contribution in [0.25, 0.3) is 0 Å². The van der Waals surface area contributed by atoms with Crippen molar-refractivity contribution >= 4 is 5.78 Å². The van der Waals surface area contributed by atoms with Gasteiger partial charge in [-0.1, -0.05) is 6.42 Å².